The molecule has 114 valence electrons. The minimum absolute atomic E-state index is 0.0156. The standard InChI is InChI=1S/C15H22N4O2/c1-11(18-15(20)8-17-21)9-19-7-3-5-13-12(10-19)4-2-6-14(13)16/h2,4,6,8,11,21H,3,5,7,9-10,16H2,1H3,(H,18,20)/b17-8-/t11-/m0/s1. The summed E-state index contributed by atoms with van der Waals surface area (Å²) in [6.45, 7) is 4.50. The van der Waals surface area contributed by atoms with Crippen LogP contribution < -0.4 is 11.1 Å². The van der Waals surface area contributed by atoms with Gasteiger partial charge in [-0.05, 0) is 43.5 Å². The molecule has 1 atom stereocenters. The van der Waals surface area contributed by atoms with Gasteiger partial charge in [-0.3, -0.25) is 9.69 Å². The van der Waals surface area contributed by atoms with E-state index in [1.807, 2.05) is 19.1 Å². The summed E-state index contributed by atoms with van der Waals surface area (Å²) >= 11 is 0. The van der Waals surface area contributed by atoms with E-state index in [-0.39, 0.29) is 11.9 Å². The molecule has 1 aromatic rings. The molecule has 0 radical (unpaired) electrons. The van der Waals surface area contributed by atoms with Crippen LogP contribution in [0.5, 0.6) is 0 Å². The van der Waals surface area contributed by atoms with Crippen LogP contribution in [0.3, 0.4) is 0 Å². The number of nitrogen functional groups attached to an aromatic ring is 1. The molecule has 1 aliphatic rings. The molecule has 2 rings (SSSR count). The van der Waals surface area contributed by atoms with E-state index >= 15 is 0 Å². The predicted molar refractivity (Wildman–Crippen MR) is 82.3 cm³/mol. The van der Waals surface area contributed by atoms with Crippen molar-refractivity contribution in [2.24, 2.45) is 5.16 Å². The number of amides is 1. The predicted octanol–water partition coefficient (Wildman–Crippen LogP) is 0.982. The summed E-state index contributed by atoms with van der Waals surface area (Å²) in [4.78, 5) is 13.7. The highest BCUT2D eigenvalue weighted by Crippen LogP contribution is 2.23. The van der Waals surface area contributed by atoms with Crippen molar-refractivity contribution in [3.05, 3.63) is 29.3 Å². The summed E-state index contributed by atoms with van der Waals surface area (Å²) in [6, 6.07) is 6.04. The Labute approximate surface area is 124 Å². The molecule has 1 heterocycles. The first kappa shape index (κ1) is 15.3. The van der Waals surface area contributed by atoms with Gasteiger partial charge in [-0.1, -0.05) is 17.3 Å². The zero-order valence-corrected chi connectivity index (χ0v) is 12.2. The molecule has 6 nitrogen and oxygen atoms in total. The third-order valence-electron chi connectivity index (χ3n) is 3.70. The van der Waals surface area contributed by atoms with Crippen molar-refractivity contribution in [3.63, 3.8) is 0 Å². The SMILES string of the molecule is C[C@@H](CN1CCCc2c(N)cccc2C1)NC(=O)/C=N\O. The third-order valence-corrected chi connectivity index (χ3v) is 3.70. The van der Waals surface area contributed by atoms with Gasteiger partial charge in [0.2, 0.25) is 0 Å². The Kier molecular flexibility index (Phi) is 5.16. The van der Waals surface area contributed by atoms with Crippen LogP contribution in [0, 0.1) is 0 Å². The molecule has 1 amide bonds. The molecule has 21 heavy (non-hydrogen) atoms. The quantitative estimate of drug-likeness (QED) is 0.334. The number of nitrogens with two attached hydrogens (primary N) is 1. The third kappa shape index (κ3) is 4.19. The summed E-state index contributed by atoms with van der Waals surface area (Å²) in [7, 11) is 0. The Hall–Kier alpha value is -2.08. The fraction of sp³-hybridized carbons (Fsp3) is 0.467. The first-order valence-electron chi connectivity index (χ1n) is 7.16. The van der Waals surface area contributed by atoms with Crippen molar-refractivity contribution in [3.8, 4) is 0 Å². The van der Waals surface area contributed by atoms with Crippen LogP contribution in [-0.2, 0) is 17.8 Å². The molecular weight excluding hydrogens is 268 g/mol. The molecule has 1 aliphatic heterocycles. The molecule has 0 aliphatic carbocycles. The molecule has 6 heteroatoms. The zero-order chi connectivity index (χ0) is 15.2. The zero-order valence-electron chi connectivity index (χ0n) is 12.2. The van der Waals surface area contributed by atoms with Gasteiger partial charge in [-0.25, -0.2) is 0 Å². The lowest BCUT2D eigenvalue weighted by molar-refractivity contribution is -0.115. The molecular formula is C15H22N4O2. The van der Waals surface area contributed by atoms with E-state index in [9.17, 15) is 4.79 Å². The molecule has 0 aromatic heterocycles. The van der Waals surface area contributed by atoms with Crippen molar-refractivity contribution in [2.75, 3.05) is 18.8 Å². The van der Waals surface area contributed by atoms with E-state index in [2.05, 4.69) is 21.4 Å². The molecule has 0 fully saturated rings. The topological polar surface area (TPSA) is 91.0 Å². The molecule has 0 saturated heterocycles. The summed E-state index contributed by atoms with van der Waals surface area (Å²) in [5.41, 5.74) is 9.43. The van der Waals surface area contributed by atoms with Crippen molar-refractivity contribution < 1.29 is 10.0 Å². The number of carbonyl (C=O) groups is 1. The minimum atomic E-state index is -0.385. The summed E-state index contributed by atoms with van der Waals surface area (Å²) < 4.78 is 0. The average molecular weight is 290 g/mol. The Bertz CT molecular complexity index is 530. The Morgan fingerprint density at radius 1 is 1.62 bits per heavy atom. The largest absolute Gasteiger partial charge is 0.411 e. The summed E-state index contributed by atoms with van der Waals surface area (Å²) in [6.07, 6.45) is 2.92. The van der Waals surface area contributed by atoms with E-state index in [0.717, 1.165) is 44.4 Å². The highest BCUT2D eigenvalue weighted by Gasteiger charge is 2.18. The summed E-state index contributed by atoms with van der Waals surface area (Å²) in [5, 5.41) is 13.8. The van der Waals surface area contributed by atoms with Crippen LogP contribution in [0.2, 0.25) is 0 Å². The van der Waals surface area contributed by atoms with Gasteiger partial charge in [0.1, 0.15) is 6.21 Å². The second-order valence-electron chi connectivity index (χ2n) is 5.48. The number of rotatable bonds is 4. The number of nitrogens with zero attached hydrogens (tertiary/aromatic N) is 2. The Morgan fingerprint density at radius 2 is 2.43 bits per heavy atom. The number of fused-ring (bicyclic) bond motifs is 1. The van der Waals surface area contributed by atoms with Gasteiger partial charge in [-0.15, -0.1) is 0 Å². The maximum Gasteiger partial charge on any atom is 0.266 e. The number of anilines is 1. The maximum absolute atomic E-state index is 11.4. The van der Waals surface area contributed by atoms with Gasteiger partial charge >= 0.3 is 0 Å². The van der Waals surface area contributed by atoms with Crippen LogP contribution in [0.4, 0.5) is 5.69 Å². The molecule has 0 spiro atoms. The van der Waals surface area contributed by atoms with Gasteiger partial charge in [0.25, 0.3) is 5.91 Å². The highest BCUT2D eigenvalue weighted by molar-refractivity contribution is 6.26. The molecule has 4 N–H and O–H groups in total. The maximum atomic E-state index is 11.4. The van der Waals surface area contributed by atoms with Crippen LogP contribution in [-0.4, -0.2) is 41.4 Å². The summed E-state index contributed by atoms with van der Waals surface area (Å²) in [5.74, 6) is -0.385. The van der Waals surface area contributed by atoms with E-state index in [4.69, 9.17) is 10.9 Å². The van der Waals surface area contributed by atoms with Gasteiger partial charge < -0.3 is 16.3 Å². The van der Waals surface area contributed by atoms with Crippen molar-refractivity contribution in [1.82, 2.24) is 10.2 Å². The number of oxime groups is 1. The van der Waals surface area contributed by atoms with Crippen molar-refractivity contribution >= 4 is 17.8 Å². The minimum Gasteiger partial charge on any atom is -0.411 e. The normalized spacial score (nSPS) is 17.2. The van der Waals surface area contributed by atoms with Gasteiger partial charge in [0.05, 0.1) is 0 Å². The van der Waals surface area contributed by atoms with E-state index in [0.29, 0.717) is 0 Å². The van der Waals surface area contributed by atoms with Crippen molar-refractivity contribution in [1.29, 1.82) is 0 Å². The lowest BCUT2D eigenvalue weighted by atomic mass is 10.0. The van der Waals surface area contributed by atoms with E-state index in [1.165, 1.54) is 11.1 Å². The first-order valence-corrected chi connectivity index (χ1v) is 7.16. The van der Waals surface area contributed by atoms with Crippen LogP contribution in [0.25, 0.3) is 0 Å². The van der Waals surface area contributed by atoms with E-state index in [1.54, 1.807) is 0 Å². The van der Waals surface area contributed by atoms with Gasteiger partial charge in [0.15, 0.2) is 0 Å². The van der Waals surface area contributed by atoms with Gasteiger partial charge in [0, 0.05) is 24.8 Å². The van der Waals surface area contributed by atoms with Crippen LogP contribution in [0.1, 0.15) is 24.5 Å². The fourth-order valence-corrected chi connectivity index (χ4v) is 2.83. The lowest BCUT2D eigenvalue weighted by Crippen LogP contribution is -2.42. The second-order valence-corrected chi connectivity index (χ2v) is 5.48. The monoisotopic (exact) mass is 290 g/mol. The van der Waals surface area contributed by atoms with Crippen LogP contribution in [0.15, 0.2) is 23.4 Å². The van der Waals surface area contributed by atoms with Crippen molar-refractivity contribution in [2.45, 2.75) is 32.4 Å². The smallest absolute Gasteiger partial charge is 0.266 e. The fourth-order valence-electron chi connectivity index (χ4n) is 2.83. The molecule has 1 aromatic carbocycles. The highest BCUT2D eigenvalue weighted by atomic mass is 16.4. The lowest BCUT2D eigenvalue weighted by Gasteiger charge is -2.24. The molecule has 0 saturated carbocycles. The first-order chi connectivity index (χ1) is 10.1. The Morgan fingerprint density at radius 3 is 3.19 bits per heavy atom. The number of nitrogens with one attached hydrogen (secondary N) is 1. The number of hydrogen-bond acceptors (Lipinski definition) is 5. The number of benzene rings is 1. The second kappa shape index (κ2) is 7.08. The molecule has 0 unspecified atom stereocenters. The number of carbonyl (C=O) groups excluding carboxylic acids is 1. The Balaban J connectivity index is 1.97. The molecule has 0 bridgehead atoms. The average Bonchev–Trinajstić information content (AvgIpc) is 2.61. The van der Waals surface area contributed by atoms with E-state index < -0.39 is 0 Å². The van der Waals surface area contributed by atoms with Gasteiger partial charge in [-0.2, -0.15) is 0 Å². The number of hydrogen-bond donors (Lipinski definition) is 3. The van der Waals surface area contributed by atoms with Crippen LogP contribution >= 0.6 is 0 Å².